The molecule has 0 aromatic heterocycles. The maximum atomic E-state index is 12.8. The van der Waals surface area contributed by atoms with Gasteiger partial charge in [-0.05, 0) is 48.0 Å². The number of amides is 2. The lowest BCUT2D eigenvalue weighted by Gasteiger charge is -2.15. The van der Waals surface area contributed by atoms with Gasteiger partial charge in [0.1, 0.15) is 5.75 Å². The van der Waals surface area contributed by atoms with Crippen molar-refractivity contribution in [3.63, 3.8) is 0 Å². The van der Waals surface area contributed by atoms with Gasteiger partial charge in [-0.2, -0.15) is 0 Å². The SMILES string of the molecule is COc1ccc(C=C2SC(=S)N(c3ccc(NNC(C)=O)cc3)C2=O)cc1. The standard InChI is InChI=1S/C19H17N3O3S2/c1-12(23)20-21-14-5-7-15(8-6-14)22-18(24)17(27-19(22)26)11-13-3-9-16(25-2)10-4-13/h3-11,21H,1-2H3,(H,20,23). The van der Waals surface area contributed by atoms with Crippen LogP contribution in [0.4, 0.5) is 11.4 Å². The molecule has 2 aromatic rings. The molecule has 1 saturated heterocycles. The number of rotatable bonds is 5. The summed E-state index contributed by atoms with van der Waals surface area (Å²) < 4.78 is 5.62. The third-order valence-electron chi connectivity index (χ3n) is 3.72. The van der Waals surface area contributed by atoms with Gasteiger partial charge in [0, 0.05) is 6.92 Å². The van der Waals surface area contributed by atoms with Crippen LogP contribution >= 0.6 is 24.0 Å². The first-order valence-corrected chi connectivity index (χ1v) is 9.25. The molecule has 1 heterocycles. The van der Waals surface area contributed by atoms with Gasteiger partial charge in [0.05, 0.1) is 23.4 Å². The lowest BCUT2D eigenvalue weighted by molar-refractivity contribution is -0.118. The van der Waals surface area contributed by atoms with Crippen molar-refractivity contribution >= 4 is 57.6 Å². The van der Waals surface area contributed by atoms with Crippen molar-refractivity contribution in [1.82, 2.24) is 5.43 Å². The number of thioether (sulfide) groups is 1. The van der Waals surface area contributed by atoms with Crippen LogP contribution in [-0.2, 0) is 9.59 Å². The van der Waals surface area contributed by atoms with Gasteiger partial charge < -0.3 is 4.74 Å². The summed E-state index contributed by atoms with van der Waals surface area (Å²) in [6.45, 7) is 1.41. The second-order valence-corrected chi connectivity index (χ2v) is 7.32. The Morgan fingerprint density at radius 1 is 1.15 bits per heavy atom. The third kappa shape index (κ3) is 4.47. The summed E-state index contributed by atoms with van der Waals surface area (Å²) >= 11 is 6.65. The molecule has 2 N–H and O–H groups in total. The number of hydrogen-bond donors (Lipinski definition) is 2. The Morgan fingerprint density at radius 3 is 2.41 bits per heavy atom. The van der Waals surface area contributed by atoms with E-state index in [1.165, 1.54) is 23.6 Å². The summed E-state index contributed by atoms with van der Waals surface area (Å²) in [4.78, 5) is 25.8. The van der Waals surface area contributed by atoms with Gasteiger partial charge in [-0.1, -0.05) is 36.1 Å². The normalized spacial score (nSPS) is 15.2. The third-order valence-corrected chi connectivity index (χ3v) is 5.02. The van der Waals surface area contributed by atoms with Crippen molar-refractivity contribution in [2.24, 2.45) is 0 Å². The first kappa shape index (κ1) is 18.9. The van der Waals surface area contributed by atoms with E-state index in [4.69, 9.17) is 17.0 Å². The predicted octanol–water partition coefficient (Wildman–Crippen LogP) is 3.56. The molecule has 1 aliphatic heterocycles. The fraction of sp³-hybridized carbons (Fsp3) is 0.105. The van der Waals surface area contributed by atoms with Gasteiger partial charge in [-0.15, -0.1) is 0 Å². The van der Waals surface area contributed by atoms with E-state index < -0.39 is 0 Å². The molecule has 0 unspecified atom stereocenters. The number of nitrogens with zero attached hydrogens (tertiary/aromatic N) is 1. The Labute approximate surface area is 166 Å². The summed E-state index contributed by atoms with van der Waals surface area (Å²) in [7, 11) is 1.61. The van der Waals surface area contributed by atoms with Gasteiger partial charge >= 0.3 is 0 Å². The van der Waals surface area contributed by atoms with Crippen LogP contribution in [0.1, 0.15) is 12.5 Å². The quantitative estimate of drug-likeness (QED) is 0.455. The Kier molecular flexibility index (Phi) is 5.78. The van der Waals surface area contributed by atoms with Crippen molar-refractivity contribution in [3.05, 3.63) is 59.0 Å². The van der Waals surface area contributed by atoms with Crippen molar-refractivity contribution in [2.45, 2.75) is 6.92 Å². The lowest BCUT2D eigenvalue weighted by Crippen LogP contribution is -2.28. The Bertz CT molecular complexity index is 909. The minimum Gasteiger partial charge on any atom is -0.497 e. The second kappa shape index (κ2) is 8.24. The molecule has 3 rings (SSSR count). The number of carbonyl (C=O) groups excluding carboxylic acids is 2. The van der Waals surface area contributed by atoms with E-state index in [1.807, 2.05) is 30.3 Å². The number of methoxy groups -OCH3 is 1. The van der Waals surface area contributed by atoms with Crippen LogP contribution < -0.4 is 20.5 Å². The zero-order valence-electron chi connectivity index (χ0n) is 14.7. The van der Waals surface area contributed by atoms with Crippen LogP contribution in [-0.4, -0.2) is 23.2 Å². The minimum absolute atomic E-state index is 0.164. The van der Waals surface area contributed by atoms with Gasteiger partial charge in [-0.3, -0.25) is 25.3 Å². The van der Waals surface area contributed by atoms with Crippen LogP contribution in [0, 0.1) is 0 Å². The van der Waals surface area contributed by atoms with E-state index >= 15 is 0 Å². The van der Waals surface area contributed by atoms with E-state index in [0.29, 0.717) is 20.6 Å². The molecule has 138 valence electrons. The zero-order chi connectivity index (χ0) is 19.4. The molecule has 27 heavy (non-hydrogen) atoms. The average Bonchev–Trinajstić information content (AvgIpc) is 2.94. The topological polar surface area (TPSA) is 70.7 Å². The molecular formula is C19H17N3O3S2. The molecule has 0 saturated carbocycles. The molecule has 1 aliphatic rings. The summed E-state index contributed by atoms with van der Waals surface area (Å²) in [6.07, 6.45) is 1.81. The van der Waals surface area contributed by atoms with Crippen molar-refractivity contribution in [1.29, 1.82) is 0 Å². The number of anilines is 2. The number of carbonyl (C=O) groups is 2. The van der Waals surface area contributed by atoms with Crippen LogP contribution in [0.25, 0.3) is 6.08 Å². The highest BCUT2D eigenvalue weighted by atomic mass is 32.2. The molecule has 0 atom stereocenters. The molecule has 1 fully saturated rings. The summed E-state index contributed by atoms with van der Waals surface area (Å²) in [5.41, 5.74) is 7.53. The first-order valence-electron chi connectivity index (χ1n) is 8.02. The predicted molar refractivity (Wildman–Crippen MR) is 113 cm³/mol. The largest absolute Gasteiger partial charge is 0.497 e. The second-order valence-electron chi connectivity index (χ2n) is 5.64. The number of nitrogens with one attached hydrogen (secondary N) is 2. The zero-order valence-corrected chi connectivity index (χ0v) is 16.3. The smallest absolute Gasteiger partial charge is 0.270 e. The number of thiocarbonyl (C=S) groups is 1. The fourth-order valence-electron chi connectivity index (χ4n) is 2.40. The summed E-state index contributed by atoms with van der Waals surface area (Å²) in [5.74, 6) is 0.399. The fourth-order valence-corrected chi connectivity index (χ4v) is 3.69. The molecule has 0 spiro atoms. The van der Waals surface area contributed by atoms with E-state index in [0.717, 1.165) is 11.3 Å². The number of ether oxygens (including phenoxy) is 1. The Morgan fingerprint density at radius 2 is 1.81 bits per heavy atom. The van der Waals surface area contributed by atoms with Crippen LogP contribution in [0.5, 0.6) is 5.75 Å². The van der Waals surface area contributed by atoms with Gasteiger partial charge in [0.2, 0.25) is 5.91 Å². The van der Waals surface area contributed by atoms with Gasteiger partial charge in [0.25, 0.3) is 5.91 Å². The molecule has 0 bridgehead atoms. The Hall–Kier alpha value is -2.84. The Balaban J connectivity index is 1.77. The number of benzene rings is 2. The number of hydrazine groups is 1. The summed E-state index contributed by atoms with van der Waals surface area (Å²) in [6, 6.07) is 14.5. The van der Waals surface area contributed by atoms with Crippen LogP contribution in [0.2, 0.25) is 0 Å². The van der Waals surface area contributed by atoms with E-state index in [1.54, 1.807) is 31.4 Å². The molecule has 2 amide bonds. The highest BCUT2D eigenvalue weighted by Gasteiger charge is 2.33. The lowest BCUT2D eigenvalue weighted by atomic mass is 10.2. The molecular weight excluding hydrogens is 382 g/mol. The highest BCUT2D eigenvalue weighted by molar-refractivity contribution is 8.27. The van der Waals surface area contributed by atoms with Crippen molar-refractivity contribution < 1.29 is 14.3 Å². The maximum absolute atomic E-state index is 12.8. The minimum atomic E-state index is -0.195. The molecule has 2 aromatic carbocycles. The number of hydrogen-bond acceptors (Lipinski definition) is 6. The average molecular weight is 399 g/mol. The molecule has 0 radical (unpaired) electrons. The highest BCUT2D eigenvalue weighted by Crippen LogP contribution is 2.36. The first-order chi connectivity index (χ1) is 13.0. The maximum Gasteiger partial charge on any atom is 0.270 e. The van der Waals surface area contributed by atoms with E-state index in [-0.39, 0.29) is 11.8 Å². The van der Waals surface area contributed by atoms with E-state index in [2.05, 4.69) is 10.9 Å². The summed E-state index contributed by atoms with van der Waals surface area (Å²) in [5, 5.41) is 0. The van der Waals surface area contributed by atoms with E-state index in [9.17, 15) is 9.59 Å². The molecule has 8 heteroatoms. The molecule has 6 nitrogen and oxygen atoms in total. The van der Waals surface area contributed by atoms with Crippen molar-refractivity contribution in [2.75, 3.05) is 17.4 Å². The molecule has 0 aliphatic carbocycles. The van der Waals surface area contributed by atoms with Crippen LogP contribution in [0.15, 0.2) is 53.4 Å². The van der Waals surface area contributed by atoms with Gasteiger partial charge in [0.15, 0.2) is 4.32 Å². The monoisotopic (exact) mass is 399 g/mol. The van der Waals surface area contributed by atoms with Crippen LogP contribution in [0.3, 0.4) is 0 Å². The van der Waals surface area contributed by atoms with Gasteiger partial charge in [-0.25, -0.2) is 0 Å². The van der Waals surface area contributed by atoms with Crippen molar-refractivity contribution in [3.8, 4) is 5.75 Å².